The summed E-state index contributed by atoms with van der Waals surface area (Å²) in [6.07, 6.45) is -0.785. The zero-order valence-electron chi connectivity index (χ0n) is 10.5. The van der Waals surface area contributed by atoms with Gasteiger partial charge in [-0.05, 0) is 42.3 Å². The van der Waals surface area contributed by atoms with Gasteiger partial charge in [-0.15, -0.1) is 0 Å². The molecule has 0 radical (unpaired) electrons. The summed E-state index contributed by atoms with van der Waals surface area (Å²) < 4.78 is 13.1. The number of aliphatic hydroxyl groups excluding tert-OH is 1. The molecule has 0 heterocycles. The first-order valence-corrected chi connectivity index (χ1v) is 6.37. The maximum Gasteiger partial charge on any atom is 0.123 e. The van der Waals surface area contributed by atoms with Gasteiger partial charge in [-0.1, -0.05) is 29.8 Å². The van der Waals surface area contributed by atoms with Crippen LogP contribution in [0.3, 0.4) is 0 Å². The molecule has 0 aliphatic carbocycles. The van der Waals surface area contributed by atoms with Crippen molar-refractivity contribution in [3.05, 3.63) is 64.4 Å². The summed E-state index contributed by atoms with van der Waals surface area (Å²) in [5, 5.41) is 13.7. The van der Waals surface area contributed by atoms with Crippen LogP contribution in [-0.4, -0.2) is 11.7 Å². The number of nitrogens with one attached hydrogen (secondary N) is 1. The van der Waals surface area contributed by atoms with E-state index in [-0.39, 0.29) is 12.4 Å². The maximum absolute atomic E-state index is 13.1. The lowest BCUT2D eigenvalue weighted by molar-refractivity contribution is 0.191. The molecule has 0 fully saturated rings. The molecule has 2 nitrogen and oxygen atoms in total. The average Bonchev–Trinajstić information content (AvgIpc) is 2.39. The standard InChI is InChI=1S/C15H15ClFNO/c1-10-5-6-13(16)14(7-10)18-9-15(19)11-3-2-4-12(17)8-11/h2-8,15,18-19H,9H2,1H3. The minimum atomic E-state index is -0.785. The highest BCUT2D eigenvalue weighted by Gasteiger charge is 2.09. The second-order valence-corrected chi connectivity index (χ2v) is 4.84. The predicted octanol–water partition coefficient (Wildman–Crippen LogP) is 3.93. The first-order valence-electron chi connectivity index (χ1n) is 6.00. The Labute approximate surface area is 116 Å². The molecule has 1 unspecified atom stereocenters. The predicted molar refractivity (Wildman–Crippen MR) is 76.0 cm³/mol. The number of hydrogen-bond acceptors (Lipinski definition) is 2. The molecule has 0 bridgehead atoms. The molecule has 100 valence electrons. The third-order valence-electron chi connectivity index (χ3n) is 2.84. The van der Waals surface area contributed by atoms with E-state index in [9.17, 15) is 9.50 Å². The molecule has 0 aliphatic rings. The van der Waals surface area contributed by atoms with Gasteiger partial charge in [0.1, 0.15) is 5.82 Å². The van der Waals surface area contributed by atoms with Crippen molar-refractivity contribution < 1.29 is 9.50 Å². The normalized spacial score (nSPS) is 12.2. The highest BCUT2D eigenvalue weighted by molar-refractivity contribution is 6.33. The van der Waals surface area contributed by atoms with E-state index in [0.29, 0.717) is 10.6 Å². The van der Waals surface area contributed by atoms with E-state index in [2.05, 4.69) is 5.32 Å². The molecular formula is C15H15ClFNO. The Hall–Kier alpha value is -1.58. The van der Waals surface area contributed by atoms with Crippen LogP contribution < -0.4 is 5.32 Å². The van der Waals surface area contributed by atoms with Gasteiger partial charge >= 0.3 is 0 Å². The Morgan fingerprint density at radius 3 is 2.79 bits per heavy atom. The fourth-order valence-corrected chi connectivity index (χ4v) is 2.00. The summed E-state index contributed by atoms with van der Waals surface area (Å²) in [7, 11) is 0. The van der Waals surface area contributed by atoms with Crippen molar-refractivity contribution in [2.45, 2.75) is 13.0 Å². The first-order chi connectivity index (χ1) is 9.06. The number of hydrogen-bond donors (Lipinski definition) is 2. The molecule has 2 N–H and O–H groups in total. The van der Waals surface area contributed by atoms with Crippen molar-refractivity contribution in [2.75, 3.05) is 11.9 Å². The molecule has 2 aromatic rings. The molecule has 0 saturated heterocycles. The number of rotatable bonds is 4. The molecule has 4 heteroatoms. The third kappa shape index (κ3) is 3.69. The largest absolute Gasteiger partial charge is 0.387 e. The van der Waals surface area contributed by atoms with Crippen LogP contribution in [0.5, 0.6) is 0 Å². The Bertz CT molecular complexity index is 574. The van der Waals surface area contributed by atoms with Crippen LogP contribution in [0.1, 0.15) is 17.2 Å². The molecule has 1 atom stereocenters. The van der Waals surface area contributed by atoms with E-state index in [0.717, 1.165) is 11.3 Å². The first kappa shape index (κ1) is 13.8. The van der Waals surface area contributed by atoms with Crippen LogP contribution in [0.2, 0.25) is 5.02 Å². The lowest BCUT2D eigenvalue weighted by atomic mass is 10.1. The highest BCUT2D eigenvalue weighted by Crippen LogP contribution is 2.24. The summed E-state index contributed by atoms with van der Waals surface area (Å²) in [6.45, 7) is 2.23. The molecule has 0 saturated carbocycles. The molecule has 19 heavy (non-hydrogen) atoms. The van der Waals surface area contributed by atoms with Crippen LogP contribution in [0.4, 0.5) is 10.1 Å². The van der Waals surface area contributed by atoms with Crippen LogP contribution >= 0.6 is 11.6 Å². The maximum atomic E-state index is 13.1. The zero-order valence-corrected chi connectivity index (χ0v) is 11.3. The van der Waals surface area contributed by atoms with Crippen LogP contribution in [0.25, 0.3) is 0 Å². The topological polar surface area (TPSA) is 32.3 Å². The smallest absolute Gasteiger partial charge is 0.123 e. The monoisotopic (exact) mass is 279 g/mol. The van der Waals surface area contributed by atoms with Gasteiger partial charge in [-0.25, -0.2) is 4.39 Å². The fraction of sp³-hybridized carbons (Fsp3) is 0.200. The summed E-state index contributed by atoms with van der Waals surface area (Å²) in [6, 6.07) is 11.6. The average molecular weight is 280 g/mol. The van der Waals surface area contributed by atoms with Crippen LogP contribution in [0.15, 0.2) is 42.5 Å². The minimum absolute atomic E-state index is 0.270. The Kier molecular flexibility index (Phi) is 4.40. The second-order valence-electron chi connectivity index (χ2n) is 4.44. The van der Waals surface area contributed by atoms with Crippen molar-refractivity contribution in [1.29, 1.82) is 0 Å². The van der Waals surface area contributed by atoms with Gasteiger partial charge in [-0.2, -0.15) is 0 Å². The van der Waals surface area contributed by atoms with E-state index in [4.69, 9.17) is 11.6 Å². The summed E-state index contributed by atoms with van der Waals surface area (Å²) >= 11 is 6.05. The Morgan fingerprint density at radius 1 is 1.26 bits per heavy atom. The summed E-state index contributed by atoms with van der Waals surface area (Å²) in [5.41, 5.74) is 2.38. The van der Waals surface area contributed by atoms with E-state index < -0.39 is 6.10 Å². The molecular weight excluding hydrogens is 265 g/mol. The van der Waals surface area contributed by atoms with E-state index in [1.165, 1.54) is 12.1 Å². The molecule has 0 aromatic heterocycles. The molecule has 0 aliphatic heterocycles. The van der Waals surface area contributed by atoms with Crippen molar-refractivity contribution in [2.24, 2.45) is 0 Å². The molecule has 0 amide bonds. The van der Waals surface area contributed by atoms with Gasteiger partial charge in [-0.3, -0.25) is 0 Å². The van der Waals surface area contributed by atoms with Crippen molar-refractivity contribution in [3.63, 3.8) is 0 Å². The van der Waals surface area contributed by atoms with Crippen LogP contribution in [0, 0.1) is 12.7 Å². The van der Waals surface area contributed by atoms with Crippen LogP contribution in [-0.2, 0) is 0 Å². The molecule has 0 spiro atoms. The fourth-order valence-electron chi connectivity index (χ4n) is 1.81. The number of aliphatic hydroxyl groups is 1. The van der Waals surface area contributed by atoms with Crippen molar-refractivity contribution in [3.8, 4) is 0 Å². The number of halogens is 2. The zero-order chi connectivity index (χ0) is 13.8. The lowest BCUT2D eigenvalue weighted by Crippen LogP contribution is -2.12. The SMILES string of the molecule is Cc1ccc(Cl)c(NCC(O)c2cccc(F)c2)c1. The minimum Gasteiger partial charge on any atom is -0.387 e. The number of benzene rings is 2. The Balaban J connectivity index is 2.04. The van der Waals surface area contributed by atoms with Gasteiger partial charge in [0.25, 0.3) is 0 Å². The van der Waals surface area contributed by atoms with Gasteiger partial charge in [0.05, 0.1) is 16.8 Å². The van der Waals surface area contributed by atoms with Crippen molar-refractivity contribution in [1.82, 2.24) is 0 Å². The molecule has 2 rings (SSSR count). The summed E-state index contributed by atoms with van der Waals surface area (Å²) in [5.74, 6) is -0.356. The quantitative estimate of drug-likeness (QED) is 0.889. The second kappa shape index (κ2) is 6.04. The van der Waals surface area contributed by atoms with E-state index in [1.807, 2.05) is 19.1 Å². The van der Waals surface area contributed by atoms with Gasteiger partial charge in [0.15, 0.2) is 0 Å². The van der Waals surface area contributed by atoms with E-state index in [1.54, 1.807) is 18.2 Å². The molecule has 2 aromatic carbocycles. The third-order valence-corrected chi connectivity index (χ3v) is 3.17. The van der Waals surface area contributed by atoms with Crippen molar-refractivity contribution >= 4 is 17.3 Å². The van der Waals surface area contributed by atoms with Gasteiger partial charge in [0.2, 0.25) is 0 Å². The number of anilines is 1. The van der Waals surface area contributed by atoms with Gasteiger partial charge < -0.3 is 10.4 Å². The summed E-state index contributed by atoms with van der Waals surface area (Å²) in [4.78, 5) is 0. The highest BCUT2D eigenvalue weighted by atomic mass is 35.5. The Morgan fingerprint density at radius 2 is 2.05 bits per heavy atom. The lowest BCUT2D eigenvalue weighted by Gasteiger charge is -2.14. The van der Waals surface area contributed by atoms with E-state index >= 15 is 0 Å². The number of aryl methyl sites for hydroxylation is 1. The van der Waals surface area contributed by atoms with Gasteiger partial charge in [0, 0.05) is 6.54 Å².